The fourth-order valence-electron chi connectivity index (χ4n) is 2.85. The number of aromatic nitrogens is 2. The summed E-state index contributed by atoms with van der Waals surface area (Å²) in [4.78, 5) is 11.5. The van der Waals surface area contributed by atoms with Crippen LogP contribution in [0, 0.1) is 17.1 Å². The Kier molecular flexibility index (Phi) is 4.77. The molecule has 0 saturated carbocycles. The number of benzene rings is 2. The zero-order valence-electron chi connectivity index (χ0n) is 14.4. The predicted octanol–water partition coefficient (Wildman–Crippen LogP) is 2.16. The first-order valence-electron chi connectivity index (χ1n) is 7.93. The number of hydrogen-bond acceptors (Lipinski definition) is 5. The number of rotatable bonds is 5. The highest BCUT2D eigenvalue weighted by Gasteiger charge is 2.16. The Morgan fingerprint density at radius 3 is 2.63 bits per heavy atom. The summed E-state index contributed by atoms with van der Waals surface area (Å²) in [6, 6.07) is 11.5. The molecule has 0 atom stereocenters. The lowest BCUT2D eigenvalue weighted by molar-refractivity contribution is 0.0996. The number of primary amides is 1. The summed E-state index contributed by atoms with van der Waals surface area (Å²) >= 11 is 0. The van der Waals surface area contributed by atoms with Crippen molar-refractivity contribution in [3.63, 3.8) is 0 Å². The number of anilines is 1. The third-order valence-electron chi connectivity index (χ3n) is 4.08. The van der Waals surface area contributed by atoms with E-state index in [4.69, 9.17) is 16.2 Å². The second-order valence-electron chi connectivity index (χ2n) is 5.83. The van der Waals surface area contributed by atoms with Gasteiger partial charge in [-0.3, -0.25) is 4.79 Å². The Bertz CT molecular complexity index is 1050. The summed E-state index contributed by atoms with van der Waals surface area (Å²) in [7, 11) is 1.40. The maximum Gasteiger partial charge on any atom is 0.252 e. The first kappa shape index (κ1) is 17.9. The molecule has 1 amide bonds. The van der Waals surface area contributed by atoms with Gasteiger partial charge < -0.3 is 16.2 Å². The van der Waals surface area contributed by atoms with Crippen LogP contribution in [0.2, 0.25) is 0 Å². The van der Waals surface area contributed by atoms with Crippen molar-refractivity contribution in [2.45, 2.75) is 6.42 Å². The predicted molar refractivity (Wildman–Crippen MR) is 97.0 cm³/mol. The first-order chi connectivity index (χ1) is 12.9. The highest BCUT2D eigenvalue weighted by molar-refractivity contribution is 5.96. The Labute approximate surface area is 154 Å². The molecule has 0 unspecified atom stereocenters. The van der Waals surface area contributed by atoms with Crippen molar-refractivity contribution in [2.24, 2.45) is 5.73 Å². The fourth-order valence-corrected chi connectivity index (χ4v) is 2.85. The highest BCUT2D eigenvalue weighted by atomic mass is 19.1. The molecular formula is C19H16FN5O2. The number of nitrogens with zero attached hydrogens (tertiary/aromatic N) is 3. The number of halogens is 1. The summed E-state index contributed by atoms with van der Waals surface area (Å²) < 4.78 is 20.6. The number of nitrogens with two attached hydrogens (primary N) is 2. The fraction of sp³-hybridized carbons (Fsp3) is 0.105. The van der Waals surface area contributed by atoms with Crippen molar-refractivity contribution in [1.82, 2.24) is 9.78 Å². The maximum absolute atomic E-state index is 13.9. The van der Waals surface area contributed by atoms with Crippen molar-refractivity contribution in [3.8, 4) is 17.5 Å². The first-order valence-corrected chi connectivity index (χ1v) is 7.93. The Morgan fingerprint density at radius 2 is 2.04 bits per heavy atom. The van der Waals surface area contributed by atoms with Crippen LogP contribution in [0.25, 0.3) is 5.69 Å². The highest BCUT2D eigenvalue weighted by Crippen LogP contribution is 2.28. The smallest absolute Gasteiger partial charge is 0.252 e. The molecular weight excluding hydrogens is 349 g/mol. The van der Waals surface area contributed by atoms with Gasteiger partial charge in [0.25, 0.3) is 5.91 Å². The molecule has 0 aliphatic carbocycles. The van der Waals surface area contributed by atoms with Gasteiger partial charge >= 0.3 is 0 Å². The number of carbonyl (C=O) groups excluding carboxylic acids is 1. The lowest BCUT2D eigenvalue weighted by atomic mass is 10.0. The minimum absolute atomic E-state index is 0.00482. The normalized spacial score (nSPS) is 10.4. The van der Waals surface area contributed by atoms with Gasteiger partial charge in [0.05, 0.1) is 30.2 Å². The van der Waals surface area contributed by atoms with Crippen LogP contribution in [0.4, 0.5) is 10.1 Å². The summed E-state index contributed by atoms with van der Waals surface area (Å²) in [5.41, 5.74) is 13.6. The number of carbonyl (C=O) groups is 1. The molecule has 8 heteroatoms. The number of methoxy groups -OCH3 is 1. The topological polar surface area (TPSA) is 120 Å². The lowest BCUT2D eigenvalue weighted by Crippen LogP contribution is -2.14. The monoisotopic (exact) mass is 365 g/mol. The van der Waals surface area contributed by atoms with Crippen LogP contribution in [0.1, 0.15) is 27.2 Å². The molecule has 0 spiro atoms. The molecule has 3 rings (SSSR count). The lowest BCUT2D eigenvalue weighted by Gasteiger charge is -2.13. The second-order valence-corrected chi connectivity index (χ2v) is 5.83. The van der Waals surface area contributed by atoms with Crippen molar-refractivity contribution in [2.75, 3.05) is 12.8 Å². The van der Waals surface area contributed by atoms with Crippen molar-refractivity contribution in [3.05, 3.63) is 70.8 Å². The molecule has 4 N–H and O–H groups in total. The van der Waals surface area contributed by atoms with Gasteiger partial charge in [-0.1, -0.05) is 12.1 Å². The zero-order chi connectivity index (χ0) is 19.6. The number of hydrogen-bond donors (Lipinski definition) is 2. The number of nitriles is 1. The van der Waals surface area contributed by atoms with E-state index in [-0.39, 0.29) is 17.0 Å². The quantitative estimate of drug-likeness (QED) is 0.718. The van der Waals surface area contributed by atoms with Crippen molar-refractivity contribution >= 4 is 11.6 Å². The summed E-state index contributed by atoms with van der Waals surface area (Å²) in [6.45, 7) is 0. The molecule has 0 radical (unpaired) electrons. The molecule has 2 aromatic carbocycles. The summed E-state index contributed by atoms with van der Waals surface area (Å²) in [5, 5.41) is 13.3. The van der Waals surface area contributed by atoms with Crippen LogP contribution in [-0.2, 0) is 6.42 Å². The van der Waals surface area contributed by atoms with Crippen LogP contribution in [0.5, 0.6) is 5.75 Å². The molecule has 0 aliphatic heterocycles. The zero-order valence-corrected chi connectivity index (χ0v) is 14.4. The molecule has 0 fully saturated rings. The largest absolute Gasteiger partial charge is 0.496 e. The van der Waals surface area contributed by atoms with E-state index in [1.165, 1.54) is 24.1 Å². The third-order valence-corrected chi connectivity index (χ3v) is 4.08. The molecule has 1 aromatic heterocycles. The molecule has 1 heterocycles. The molecule has 7 nitrogen and oxygen atoms in total. The summed E-state index contributed by atoms with van der Waals surface area (Å²) in [5.74, 6) is -1.08. The molecule has 0 aliphatic rings. The Hall–Kier alpha value is -3.86. The molecule has 0 bridgehead atoms. The van der Waals surface area contributed by atoms with Gasteiger partial charge in [-0.25, -0.2) is 9.07 Å². The van der Waals surface area contributed by atoms with Gasteiger partial charge in [0.2, 0.25) is 0 Å². The average Bonchev–Trinajstić information content (AvgIpc) is 3.02. The van der Waals surface area contributed by atoms with Crippen LogP contribution < -0.4 is 16.2 Å². The number of nitrogen functional groups attached to an aromatic ring is 1. The van der Waals surface area contributed by atoms with E-state index in [1.807, 2.05) is 18.2 Å². The Morgan fingerprint density at radius 1 is 1.33 bits per heavy atom. The minimum Gasteiger partial charge on any atom is -0.496 e. The minimum atomic E-state index is -0.761. The molecule has 136 valence electrons. The van der Waals surface area contributed by atoms with E-state index in [0.717, 1.165) is 11.6 Å². The summed E-state index contributed by atoms with van der Waals surface area (Å²) in [6.07, 6.45) is 1.74. The van der Waals surface area contributed by atoms with Crippen LogP contribution in [0.3, 0.4) is 0 Å². The van der Waals surface area contributed by atoms with Crippen LogP contribution in [-0.4, -0.2) is 22.8 Å². The number of ether oxygens (including phenoxy) is 1. The van der Waals surface area contributed by atoms with Gasteiger partial charge in [-0.2, -0.15) is 10.4 Å². The van der Waals surface area contributed by atoms with Crippen molar-refractivity contribution in [1.29, 1.82) is 5.26 Å². The van der Waals surface area contributed by atoms with E-state index in [1.54, 1.807) is 12.1 Å². The van der Waals surface area contributed by atoms with Crippen LogP contribution in [0.15, 0.2) is 42.6 Å². The maximum atomic E-state index is 13.9. The molecule has 0 saturated heterocycles. The van der Waals surface area contributed by atoms with Gasteiger partial charge in [-0.15, -0.1) is 0 Å². The SMILES string of the molecule is COc1c(Cc2ccc(-n3ncc(N)c3C#N)cc2)cc(F)cc1C(N)=O. The van der Waals surface area contributed by atoms with Gasteiger partial charge in [0.1, 0.15) is 17.6 Å². The van der Waals surface area contributed by atoms with E-state index in [9.17, 15) is 14.4 Å². The number of amides is 1. The van der Waals surface area contributed by atoms with Gasteiger partial charge in [-0.05, 0) is 29.8 Å². The van der Waals surface area contributed by atoms with Crippen molar-refractivity contribution < 1.29 is 13.9 Å². The molecule has 3 aromatic rings. The van der Waals surface area contributed by atoms with E-state index < -0.39 is 11.7 Å². The van der Waals surface area contributed by atoms with E-state index >= 15 is 0 Å². The van der Waals surface area contributed by atoms with Gasteiger partial charge in [0.15, 0.2) is 5.69 Å². The Balaban J connectivity index is 1.94. The van der Waals surface area contributed by atoms with Gasteiger partial charge in [0, 0.05) is 12.0 Å². The molecule has 27 heavy (non-hydrogen) atoms. The second kappa shape index (κ2) is 7.17. The van der Waals surface area contributed by atoms with E-state index in [2.05, 4.69) is 5.10 Å². The average molecular weight is 365 g/mol. The van der Waals surface area contributed by atoms with Crippen LogP contribution >= 0.6 is 0 Å². The third kappa shape index (κ3) is 3.43. The standard InChI is InChI=1S/C19H16FN5O2/c1-27-18-12(7-13(20)8-15(18)19(23)26)6-11-2-4-14(5-3-11)25-17(9-21)16(22)10-24-25/h2-5,7-8,10H,6,22H2,1H3,(H2,23,26). The van der Waals surface area contributed by atoms with E-state index in [0.29, 0.717) is 23.4 Å².